The third-order valence-electron chi connectivity index (χ3n) is 6.59. The summed E-state index contributed by atoms with van der Waals surface area (Å²) in [5, 5.41) is 2.78. The number of nitrogen functional groups attached to an aromatic ring is 1. The first-order valence-corrected chi connectivity index (χ1v) is 12.5. The van der Waals surface area contributed by atoms with Crippen LogP contribution in [0.2, 0.25) is 0 Å². The van der Waals surface area contributed by atoms with Gasteiger partial charge in [0.15, 0.2) is 0 Å². The van der Waals surface area contributed by atoms with Crippen molar-refractivity contribution in [3.8, 4) is 17.0 Å². The molecule has 11 nitrogen and oxygen atoms in total. The van der Waals surface area contributed by atoms with Gasteiger partial charge in [-0.05, 0) is 37.1 Å². The lowest BCUT2D eigenvalue weighted by Gasteiger charge is -2.22. The summed E-state index contributed by atoms with van der Waals surface area (Å²) < 4.78 is 12.5. The van der Waals surface area contributed by atoms with Gasteiger partial charge in [0, 0.05) is 43.9 Å². The first kappa shape index (κ1) is 25.9. The fourth-order valence-corrected chi connectivity index (χ4v) is 4.81. The summed E-state index contributed by atoms with van der Waals surface area (Å²) in [5.74, 6) is 1.35. The molecule has 39 heavy (non-hydrogen) atoms. The lowest BCUT2D eigenvalue weighted by molar-refractivity contribution is -0.127. The van der Waals surface area contributed by atoms with Crippen molar-refractivity contribution in [1.82, 2.24) is 24.3 Å². The number of nitrogens with two attached hydrogens (primary N) is 1. The minimum absolute atomic E-state index is 0.0974. The monoisotopic (exact) mass is 527 g/mol. The van der Waals surface area contributed by atoms with Gasteiger partial charge in [-0.1, -0.05) is 18.2 Å². The molecule has 0 aliphatic carbocycles. The molecule has 1 aromatic carbocycles. The maximum absolute atomic E-state index is 13.0. The van der Waals surface area contributed by atoms with Crippen LogP contribution in [-0.4, -0.2) is 63.4 Å². The molecular weight excluding hydrogens is 498 g/mol. The Labute approximate surface area is 225 Å². The van der Waals surface area contributed by atoms with Gasteiger partial charge in [-0.15, -0.1) is 0 Å². The number of carbonyl (C=O) groups is 2. The number of nitrogens with zero attached hydrogens (tertiary/aromatic N) is 5. The second-order valence-corrected chi connectivity index (χ2v) is 8.98. The molecule has 0 radical (unpaired) electrons. The number of likely N-dealkylation sites (tertiary alicyclic amines) is 1. The highest BCUT2D eigenvalue weighted by Gasteiger charge is 2.33. The Morgan fingerprint density at radius 3 is 2.82 bits per heavy atom. The zero-order valence-corrected chi connectivity index (χ0v) is 21.7. The second-order valence-electron chi connectivity index (χ2n) is 8.98. The molecule has 4 heterocycles. The van der Waals surface area contributed by atoms with E-state index in [1.54, 1.807) is 68.2 Å². The van der Waals surface area contributed by atoms with Crippen LogP contribution in [0.5, 0.6) is 5.75 Å². The van der Waals surface area contributed by atoms with Crippen molar-refractivity contribution in [2.75, 3.05) is 38.4 Å². The number of ether oxygens (including phenoxy) is 2. The summed E-state index contributed by atoms with van der Waals surface area (Å²) in [6.07, 6.45) is 9.87. The summed E-state index contributed by atoms with van der Waals surface area (Å²) in [7, 11) is 3.08. The van der Waals surface area contributed by atoms with Crippen LogP contribution >= 0.6 is 0 Å². The molecule has 0 spiro atoms. The van der Waals surface area contributed by atoms with Gasteiger partial charge in [-0.3, -0.25) is 14.0 Å². The van der Waals surface area contributed by atoms with Crippen molar-refractivity contribution < 1.29 is 19.1 Å². The number of nitrogens with one attached hydrogen (secondary N) is 1. The molecule has 11 heteroatoms. The number of fused-ring (bicyclic) bond motifs is 1. The van der Waals surface area contributed by atoms with Gasteiger partial charge in [0.2, 0.25) is 5.91 Å². The molecule has 0 saturated carbocycles. The fourth-order valence-electron chi connectivity index (χ4n) is 4.81. The van der Waals surface area contributed by atoms with Crippen molar-refractivity contribution in [1.29, 1.82) is 0 Å². The molecule has 4 aromatic rings. The number of aromatic nitrogens is 4. The van der Waals surface area contributed by atoms with Crippen molar-refractivity contribution in [2.45, 2.75) is 18.9 Å². The van der Waals surface area contributed by atoms with Crippen LogP contribution < -0.4 is 15.8 Å². The van der Waals surface area contributed by atoms with Gasteiger partial charge in [0.05, 0.1) is 25.3 Å². The molecular formula is C28H29N7O4. The summed E-state index contributed by atoms with van der Waals surface area (Å²) in [6.45, 7) is 0.986. The Morgan fingerprint density at radius 1 is 1.18 bits per heavy atom. The van der Waals surface area contributed by atoms with Crippen LogP contribution in [0.1, 0.15) is 35.1 Å². The molecule has 1 aliphatic heterocycles. The molecule has 1 unspecified atom stereocenters. The van der Waals surface area contributed by atoms with E-state index in [9.17, 15) is 9.59 Å². The number of amides is 2. The van der Waals surface area contributed by atoms with Crippen molar-refractivity contribution in [3.63, 3.8) is 0 Å². The maximum atomic E-state index is 13.0. The second kappa shape index (κ2) is 11.3. The molecule has 1 fully saturated rings. The van der Waals surface area contributed by atoms with Crippen molar-refractivity contribution in [2.24, 2.45) is 0 Å². The topological polar surface area (TPSA) is 137 Å². The number of rotatable bonds is 8. The summed E-state index contributed by atoms with van der Waals surface area (Å²) in [5.41, 5.74) is 8.58. The largest absolute Gasteiger partial charge is 0.496 e. The highest BCUT2D eigenvalue weighted by Crippen LogP contribution is 2.37. The fraction of sp³-hybridized carbons (Fsp3) is 0.250. The third-order valence-corrected chi connectivity index (χ3v) is 6.59. The van der Waals surface area contributed by atoms with Crippen molar-refractivity contribution in [3.05, 3.63) is 78.5 Å². The third kappa shape index (κ3) is 5.16. The van der Waals surface area contributed by atoms with Gasteiger partial charge in [0.1, 0.15) is 34.4 Å². The van der Waals surface area contributed by atoms with Crippen LogP contribution in [0.25, 0.3) is 16.8 Å². The first-order chi connectivity index (χ1) is 19.0. The Balaban J connectivity index is 1.53. The molecule has 3 N–H and O–H groups in total. The zero-order chi connectivity index (χ0) is 27.4. The molecule has 0 bridgehead atoms. The number of methoxy groups -OCH3 is 2. The van der Waals surface area contributed by atoms with Crippen LogP contribution in [0.3, 0.4) is 0 Å². The molecule has 2 amide bonds. The van der Waals surface area contributed by atoms with Crippen LogP contribution in [0, 0.1) is 0 Å². The highest BCUT2D eigenvalue weighted by atomic mass is 16.5. The maximum Gasteiger partial charge on any atom is 0.260 e. The number of carbonyl (C=O) groups excluding carboxylic acids is 2. The normalized spacial score (nSPS) is 15.2. The Hall–Kier alpha value is -4.77. The summed E-state index contributed by atoms with van der Waals surface area (Å²) in [4.78, 5) is 41.1. The minimum atomic E-state index is -0.352. The Bertz CT molecular complexity index is 1530. The van der Waals surface area contributed by atoms with E-state index in [-0.39, 0.29) is 17.9 Å². The molecule has 3 aromatic heterocycles. The number of hydrogen-bond donors (Lipinski definition) is 2. The SMILES string of the molecule is COC/C=C/C(=O)N1CCCC1c1nc(-c2ccc(C(=O)Nc3ccccn3)c(OC)c2)c2c(N)nccn12. The summed E-state index contributed by atoms with van der Waals surface area (Å²) in [6, 6.07) is 10.2. The quantitative estimate of drug-likeness (QED) is 0.332. The van der Waals surface area contributed by atoms with E-state index in [1.807, 2.05) is 9.30 Å². The van der Waals surface area contributed by atoms with E-state index in [4.69, 9.17) is 20.2 Å². The van der Waals surface area contributed by atoms with Gasteiger partial charge in [-0.2, -0.15) is 0 Å². The van der Waals surface area contributed by atoms with Gasteiger partial charge >= 0.3 is 0 Å². The average molecular weight is 528 g/mol. The molecule has 1 aliphatic rings. The Morgan fingerprint density at radius 2 is 2.05 bits per heavy atom. The van der Waals surface area contributed by atoms with Gasteiger partial charge in [-0.25, -0.2) is 15.0 Å². The predicted molar refractivity (Wildman–Crippen MR) is 146 cm³/mol. The number of imidazole rings is 1. The average Bonchev–Trinajstić information content (AvgIpc) is 3.59. The van der Waals surface area contributed by atoms with E-state index < -0.39 is 0 Å². The number of pyridine rings is 1. The molecule has 200 valence electrons. The molecule has 5 rings (SSSR count). The number of anilines is 2. The lowest BCUT2D eigenvalue weighted by Crippen LogP contribution is -2.30. The van der Waals surface area contributed by atoms with E-state index in [0.29, 0.717) is 58.7 Å². The van der Waals surface area contributed by atoms with Crippen molar-refractivity contribution >= 4 is 29.0 Å². The Kier molecular flexibility index (Phi) is 7.50. The van der Waals surface area contributed by atoms with Crippen LogP contribution in [-0.2, 0) is 9.53 Å². The van der Waals surface area contributed by atoms with Gasteiger partial charge in [0.25, 0.3) is 5.91 Å². The molecule has 1 saturated heterocycles. The van der Waals surface area contributed by atoms with Crippen LogP contribution in [0.15, 0.2) is 67.1 Å². The highest BCUT2D eigenvalue weighted by molar-refractivity contribution is 6.06. The minimum Gasteiger partial charge on any atom is -0.496 e. The van der Waals surface area contributed by atoms with E-state index in [0.717, 1.165) is 12.8 Å². The zero-order valence-electron chi connectivity index (χ0n) is 21.7. The lowest BCUT2D eigenvalue weighted by atomic mass is 10.1. The van der Waals surface area contributed by atoms with E-state index in [1.165, 1.54) is 13.2 Å². The number of hydrogen-bond acceptors (Lipinski definition) is 8. The van der Waals surface area contributed by atoms with E-state index in [2.05, 4.69) is 15.3 Å². The van der Waals surface area contributed by atoms with E-state index >= 15 is 0 Å². The standard InChI is InChI=1S/C28H29N7O4/c1-38-16-6-9-23(36)34-14-5-7-20(34)27-33-24(25-26(29)31-13-15-35(25)27)18-10-11-19(21(17-18)39-2)28(37)32-22-8-3-4-12-30-22/h3-4,6,8-13,15,17,20H,5,7,14,16H2,1-2H3,(H2,29,31)(H,30,32,37)/b9-6+. The van der Waals surface area contributed by atoms with Crippen LogP contribution in [0.4, 0.5) is 11.6 Å². The summed E-state index contributed by atoms with van der Waals surface area (Å²) >= 11 is 0. The predicted octanol–water partition coefficient (Wildman–Crippen LogP) is 3.50. The van der Waals surface area contributed by atoms with Gasteiger partial charge < -0.3 is 25.4 Å². The molecule has 1 atom stereocenters. The number of benzene rings is 1. The first-order valence-electron chi connectivity index (χ1n) is 12.5. The smallest absolute Gasteiger partial charge is 0.260 e.